The third kappa shape index (κ3) is 2.90. The molecule has 0 radical (unpaired) electrons. The van der Waals surface area contributed by atoms with Crippen molar-refractivity contribution in [3.8, 4) is 11.1 Å². The molecule has 0 aliphatic heterocycles. The van der Waals surface area contributed by atoms with Crippen LogP contribution in [0.5, 0.6) is 0 Å². The SMILES string of the molecule is CS(=O)(=O)NC(=O)C1(c2ccc(-c3ccccc3)cc2)CC1. The Kier molecular flexibility index (Phi) is 3.53. The van der Waals surface area contributed by atoms with Crippen molar-refractivity contribution in [1.82, 2.24) is 4.72 Å². The molecule has 1 aliphatic rings. The second-order valence-corrected chi connectivity index (χ2v) is 7.48. The summed E-state index contributed by atoms with van der Waals surface area (Å²) >= 11 is 0. The van der Waals surface area contributed by atoms with E-state index in [0.717, 1.165) is 22.9 Å². The van der Waals surface area contributed by atoms with Crippen molar-refractivity contribution in [3.05, 3.63) is 60.2 Å². The van der Waals surface area contributed by atoms with E-state index in [0.29, 0.717) is 12.8 Å². The van der Waals surface area contributed by atoms with E-state index in [2.05, 4.69) is 4.72 Å². The molecule has 0 unspecified atom stereocenters. The average molecular weight is 315 g/mol. The Morgan fingerprint density at radius 3 is 2.00 bits per heavy atom. The summed E-state index contributed by atoms with van der Waals surface area (Å²) in [6, 6.07) is 17.7. The van der Waals surface area contributed by atoms with Crippen molar-refractivity contribution in [1.29, 1.82) is 0 Å². The zero-order valence-corrected chi connectivity index (χ0v) is 13.1. The van der Waals surface area contributed by atoms with Gasteiger partial charge in [-0.25, -0.2) is 8.42 Å². The van der Waals surface area contributed by atoms with Crippen molar-refractivity contribution in [2.24, 2.45) is 0 Å². The normalized spacial score (nSPS) is 16.0. The van der Waals surface area contributed by atoms with Gasteiger partial charge >= 0.3 is 0 Å². The van der Waals surface area contributed by atoms with Crippen molar-refractivity contribution >= 4 is 15.9 Å². The van der Waals surface area contributed by atoms with Crippen LogP contribution in [0.25, 0.3) is 11.1 Å². The molecule has 5 heteroatoms. The van der Waals surface area contributed by atoms with Crippen molar-refractivity contribution < 1.29 is 13.2 Å². The quantitative estimate of drug-likeness (QED) is 0.942. The lowest BCUT2D eigenvalue weighted by Crippen LogP contribution is -2.38. The molecular weight excluding hydrogens is 298 g/mol. The Labute approximate surface area is 130 Å². The van der Waals surface area contributed by atoms with Crippen molar-refractivity contribution in [2.75, 3.05) is 6.26 Å². The molecule has 1 saturated carbocycles. The molecular formula is C17H17NO3S. The standard InChI is InChI=1S/C17H17NO3S/c1-22(20,21)18-16(19)17(11-12-17)15-9-7-14(8-10-15)13-5-3-2-4-6-13/h2-10H,11-12H2,1H3,(H,18,19). The van der Waals surface area contributed by atoms with Crippen LogP contribution in [-0.4, -0.2) is 20.6 Å². The van der Waals surface area contributed by atoms with Gasteiger partial charge in [-0.3, -0.25) is 9.52 Å². The Balaban J connectivity index is 1.86. The molecule has 3 rings (SSSR count). The summed E-state index contributed by atoms with van der Waals surface area (Å²) in [5, 5.41) is 0. The van der Waals surface area contributed by atoms with E-state index >= 15 is 0 Å². The predicted octanol–water partition coefficient (Wildman–Crippen LogP) is 2.46. The van der Waals surface area contributed by atoms with Crippen LogP contribution in [0.3, 0.4) is 0 Å². The van der Waals surface area contributed by atoms with Gasteiger partial charge in [0.1, 0.15) is 0 Å². The van der Waals surface area contributed by atoms with Crippen LogP contribution >= 0.6 is 0 Å². The maximum absolute atomic E-state index is 12.2. The van der Waals surface area contributed by atoms with Crippen LogP contribution in [0, 0.1) is 0 Å². The highest BCUT2D eigenvalue weighted by Crippen LogP contribution is 2.48. The number of nitrogens with one attached hydrogen (secondary N) is 1. The average Bonchev–Trinajstić information content (AvgIpc) is 3.28. The van der Waals surface area contributed by atoms with E-state index in [1.165, 1.54) is 0 Å². The lowest BCUT2D eigenvalue weighted by molar-refractivity contribution is -0.121. The molecule has 1 amide bonds. The van der Waals surface area contributed by atoms with E-state index in [1.807, 2.05) is 54.6 Å². The van der Waals surface area contributed by atoms with E-state index in [4.69, 9.17) is 0 Å². The number of hydrogen-bond donors (Lipinski definition) is 1. The van der Waals surface area contributed by atoms with E-state index < -0.39 is 21.3 Å². The molecule has 1 fully saturated rings. The maximum Gasteiger partial charge on any atom is 0.244 e. The van der Waals surface area contributed by atoms with E-state index in [-0.39, 0.29) is 0 Å². The summed E-state index contributed by atoms with van der Waals surface area (Å²) in [5.41, 5.74) is 2.37. The first-order chi connectivity index (χ1) is 10.4. The Bertz CT molecular complexity index is 792. The molecule has 0 heterocycles. The number of amides is 1. The fourth-order valence-electron chi connectivity index (χ4n) is 2.65. The fraction of sp³-hybridized carbons (Fsp3) is 0.235. The fourth-order valence-corrected chi connectivity index (χ4v) is 3.18. The minimum atomic E-state index is -3.53. The number of hydrogen-bond acceptors (Lipinski definition) is 3. The van der Waals surface area contributed by atoms with Crippen LogP contribution in [0.2, 0.25) is 0 Å². The van der Waals surface area contributed by atoms with Crippen molar-refractivity contribution in [2.45, 2.75) is 18.3 Å². The summed E-state index contributed by atoms with van der Waals surface area (Å²) in [7, 11) is -3.53. The zero-order valence-electron chi connectivity index (χ0n) is 12.2. The molecule has 1 aliphatic carbocycles. The lowest BCUT2D eigenvalue weighted by Gasteiger charge is -2.15. The van der Waals surface area contributed by atoms with Crippen LogP contribution < -0.4 is 4.72 Å². The number of rotatable bonds is 4. The molecule has 1 N–H and O–H groups in total. The van der Waals surface area contributed by atoms with Gasteiger partial charge in [0.2, 0.25) is 15.9 Å². The van der Waals surface area contributed by atoms with Gasteiger partial charge in [0, 0.05) is 0 Å². The second kappa shape index (κ2) is 5.25. The molecule has 2 aromatic carbocycles. The molecule has 2 aromatic rings. The molecule has 114 valence electrons. The molecule has 0 aromatic heterocycles. The van der Waals surface area contributed by atoms with Crippen LogP contribution in [0.4, 0.5) is 0 Å². The third-order valence-corrected chi connectivity index (χ3v) is 4.56. The second-order valence-electron chi connectivity index (χ2n) is 5.73. The van der Waals surface area contributed by atoms with Crippen LogP contribution in [0.1, 0.15) is 18.4 Å². The first kappa shape index (κ1) is 14.8. The number of sulfonamides is 1. The Hall–Kier alpha value is -2.14. The number of carbonyl (C=O) groups excluding carboxylic acids is 1. The summed E-state index contributed by atoms with van der Waals surface area (Å²) in [6.07, 6.45) is 2.36. The summed E-state index contributed by atoms with van der Waals surface area (Å²) in [6.45, 7) is 0. The summed E-state index contributed by atoms with van der Waals surface area (Å²) in [4.78, 5) is 12.2. The largest absolute Gasteiger partial charge is 0.273 e. The smallest absolute Gasteiger partial charge is 0.244 e. The third-order valence-electron chi connectivity index (χ3n) is 4.01. The number of carbonyl (C=O) groups is 1. The van der Waals surface area contributed by atoms with Gasteiger partial charge in [0.25, 0.3) is 0 Å². The minimum Gasteiger partial charge on any atom is -0.273 e. The van der Waals surface area contributed by atoms with Gasteiger partial charge in [-0.15, -0.1) is 0 Å². The van der Waals surface area contributed by atoms with Gasteiger partial charge in [0.05, 0.1) is 11.7 Å². The van der Waals surface area contributed by atoms with Gasteiger partial charge in [-0.2, -0.15) is 0 Å². The molecule has 0 atom stereocenters. The first-order valence-corrected chi connectivity index (χ1v) is 8.98. The highest BCUT2D eigenvalue weighted by atomic mass is 32.2. The van der Waals surface area contributed by atoms with Crippen LogP contribution in [0.15, 0.2) is 54.6 Å². The molecule has 0 saturated heterocycles. The zero-order chi connectivity index (χ0) is 15.8. The van der Waals surface area contributed by atoms with Crippen molar-refractivity contribution in [3.63, 3.8) is 0 Å². The van der Waals surface area contributed by atoms with E-state index in [1.54, 1.807) is 0 Å². The predicted molar refractivity (Wildman–Crippen MR) is 85.8 cm³/mol. The monoisotopic (exact) mass is 315 g/mol. The lowest BCUT2D eigenvalue weighted by atomic mass is 9.93. The highest BCUT2D eigenvalue weighted by Gasteiger charge is 2.51. The first-order valence-electron chi connectivity index (χ1n) is 7.09. The molecule has 22 heavy (non-hydrogen) atoms. The topological polar surface area (TPSA) is 63.2 Å². The minimum absolute atomic E-state index is 0.428. The highest BCUT2D eigenvalue weighted by molar-refractivity contribution is 7.89. The Morgan fingerprint density at radius 2 is 1.50 bits per heavy atom. The van der Waals surface area contributed by atoms with Crippen LogP contribution in [-0.2, 0) is 20.2 Å². The summed E-state index contributed by atoms with van der Waals surface area (Å²) in [5.74, 6) is -0.428. The van der Waals surface area contributed by atoms with Gasteiger partial charge < -0.3 is 0 Å². The molecule has 0 bridgehead atoms. The molecule has 4 nitrogen and oxygen atoms in total. The van der Waals surface area contributed by atoms with Gasteiger partial charge in [-0.1, -0.05) is 54.6 Å². The molecule has 0 spiro atoms. The number of benzene rings is 2. The summed E-state index contributed by atoms with van der Waals surface area (Å²) < 4.78 is 24.6. The Morgan fingerprint density at radius 1 is 0.955 bits per heavy atom. The van der Waals surface area contributed by atoms with Gasteiger partial charge in [0.15, 0.2) is 0 Å². The van der Waals surface area contributed by atoms with E-state index in [9.17, 15) is 13.2 Å². The maximum atomic E-state index is 12.2. The van der Waals surface area contributed by atoms with Gasteiger partial charge in [-0.05, 0) is 29.5 Å².